The van der Waals surface area contributed by atoms with E-state index in [0.717, 1.165) is 19.4 Å². The van der Waals surface area contributed by atoms with Gasteiger partial charge in [-0.05, 0) is 12.8 Å². The van der Waals surface area contributed by atoms with E-state index in [4.69, 9.17) is 10.5 Å². The van der Waals surface area contributed by atoms with Crippen molar-refractivity contribution in [2.45, 2.75) is 18.9 Å². The van der Waals surface area contributed by atoms with Gasteiger partial charge in [-0.25, -0.2) is 0 Å². The van der Waals surface area contributed by atoms with Crippen molar-refractivity contribution in [3.05, 3.63) is 0 Å². The molecule has 0 bridgehead atoms. The summed E-state index contributed by atoms with van der Waals surface area (Å²) in [5.41, 5.74) is 5.75. The molecule has 0 saturated carbocycles. The average molecular weight is 293 g/mol. The normalized spacial score (nSPS) is 22.8. The number of carbonyl (C=O) groups excluding carboxylic acids is 1. The molecular weight excluding hydrogens is 274 g/mol. The van der Waals surface area contributed by atoms with Gasteiger partial charge in [0.2, 0.25) is 23.8 Å². The molecule has 9 heteroatoms. The van der Waals surface area contributed by atoms with Gasteiger partial charge in [-0.1, -0.05) is 0 Å². The molecule has 1 aromatic heterocycles. The molecule has 0 aromatic carbocycles. The van der Waals surface area contributed by atoms with E-state index in [1.807, 2.05) is 4.90 Å². The van der Waals surface area contributed by atoms with Gasteiger partial charge in [0, 0.05) is 19.6 Å². The predicted octanol–water partition coefficient (Wildman–Crippen LogP) is -1.02. The molecule has 4 N–H and O–H groups in total. The van der Waals surface area contributed by atoms with Crippen LogP contribution in [0.25, 0.3) is 0 Å². The van der Waals surface area contributed by atoms with E-state index in [-0.39, 0.29) is 17.9 Å². The van der Waals surface area contributed by atoms with Crippen molar-refractivity contribution in [1.82, 2.24) is 20.3 Å². The highest BCUT2D eigenvalue weighted by Crippen LogP contribution is 2.15. The van der Waals surface area contributed by atoms with Gasteiger partial charge < -0.3 is 26.0 Å². The summed E-state index contributed by atoms with van der Waals surface area (Å²) in [7, 11) is 0. The number of hydrogen-bond donors (Lipinski definition) is 3. The Morgan fingerprint density at radius 1 is 1.29 bits per heavy atom. The molecule has 114 valence electrons. The summed E-state index contributed by atoms with van der Waals surface area (Å²) in [6.45, 7) is 3.42. The first-order chi connectivity index (χ1) is 10.2. The molecule has 3 rings (SSSR count). The van der Waals surface area contributed by atoms with Crippen LogP contribution in [0.15, 0.2) is 0 Å². The maximum atomic E-state index is 11.8. The van der Waals surface area contributed by atoms with Gasteiger partial charge in [-0.15, -0.1) is 0 Å². The Morgan fingerprint density at radius 3 is 2.86 bits per heavy atom. The first kappa shape index (κ1) is 13.8. The lowest BCUT2D eigenvalue weighted by molar-refractivity contribution is -0.123. The Hall–Kier alpha value is -2.16. The Labute approximate surface area is 122 Å². The molecule has 3 heterocycles. The molecule has 2 fully saturated rings. The fourth-order valence-electron chi connectivity index (χ4n) is 2.42. The number of aromatic nitrogens is 3. The molecule has 2 aliphatic rings. The first-order valence-electron chi connectivity index (χ1n) is 7.11. The van der Waals surface area contributed by atoms with Crippen LogP contribution in [0.2, 0.25) is 0 Å². The molecular formula is C12H19N7O2. The zero-order valence-corrected chi connectivity index (χ0v) is 11.7. The van der Waals surface area contributed by atoms with Gasteiger partial charge in [0.1, 0.15) is 6.04 Å². The minimum absolute atomic E-state index is 0.0341. The van der Waals surface area contributed by atoms with Gasteiger partial charge in [0.05, 0.1) is 13.2 Å². The summed E-state index contributed by atoms with van der Waals surface area (Å²) < 4.78 is 5.30. The second-order valence-corrected chi connectivity index (χ2v) is 5.05. The highest BCUT2D eigenvalue weighted by molar-refractivity contribution is 5.84. The van der Waals surface area contributed by atoms with Gasteiger partial charge in [0.25, 0.3) is 0 Å². The molecule has 21 heavy (non-hydrogen) atoms. The first-order valence-corrected chi connectivity index (χ1v) is 7.11. The van der Waals surface area contributed by atoms with Crippen LogP contribution in [0, 0.1) is 0 Å². The fraction of sp³-hybridized carbons (Fsp3) is 0.667. The zero-order valence-electron chi connectivity index (χ0n) is 11.7. The standard InChI is InChI=1S/C12H19N7O2/c13-10-16-11(15-8-2-1-3-14-9(8)20)18-12(17-10)19-4-6-21-7-5-19/h8H,1-7H2,(H,14,20)(H3,13,15,16,17,18). The number of nitrogens with two attached hydrogens (primary N) is 1. The van der Waals surface area contributed by atoms with E-state index in [1.54, 1.807) is 0 Å². The zero-order chi connectivity index (χ0) is 14.7. The number of morpholine rings is 1. The largest absolute Gasteiger partial charge is 0.378 e. The fourth-order valence-corrected chi connectivity index (χ4v) is 2.42. The second-order valence-electron chi connectivity index (χ2n) is 5.05. The van der Waals surface area contributed by atoms with E-state index in [9.17, 15) is 4.79 Å². The van der Waals surface area contributed by atoms with Crippen molar-refractivity contribution in [2.24, 2.45) is 0 Å². The molecule has 0 spiro atoms. The number of nitrogen functional groups attached to an aromatic ring is 1. The third-order valence-electron chi connectivity index (χ3n) is 3.52. The van der Waals surface area contributed by atoms with Crippen LogP contribution in [-0.2, 0) is 9.53 Å². The average Bonchev–Trinajstić information content (AvgIpc) is 2.50. The molecule has 1 unspecified atom stereocenters. The number of carbonyl (C=O) groups is 1. The quantitative estimate of drug-likeness (QED) is 0.648. The number of piperidine rings is 1. The molecule has 0 radical (unpaired) electrons. The monoisotopic (exact) mass is 293 g/mol. The lowest BCUT2D eigenvalue weighted by atomic mass is 10.1. The van der Waals surface area contributed by atoms with Crippen molar-refractivity contribution < 1.29 is 9.53 Å². The van der Waals surface area contributed by atoms with Crippen molar-refractivity contribution >= 4 is 23.8 Å². The summed E-state index contributed by atoms with van der Waals surface area (Å²) in [6.07, 6.45) is 1.69. The van der Waals surface area contributed by atoms with E-state index >= 15 is 0 Å². The molecule has 0 aliphatic carbocycles. The minimum Gasteiger partial charge on any atom is -0.378 e. The molecule has 1 atom stereocenters. The van der Waals surface area contributed by atoms with E-state index in [2.05, 4.69) is 25.6 Å². The Kier molecular flexibility index (Phi) is 4.00. The predicted molar refractivity (Wildman–Crippen MR) is 76.9 cm³/mol. The number of amides is 1. The van der Waals surface area contributed by atoms with Crippen LogP contribution < -0.4 is 21.3 Å². The van der Waals surface area contributed by atoms with Crippen LogP contribution in [0.1, 0.15) is 12.8 Å². The number of ether oxygens (including phenoxy) is 1. The lowest BCUT2D eigenvalue weighted by Gasteiger charge is -2.27. The molecule has 2 saturated heterocycles. The molecule has 2 aliphatic heterocycles. The summed E-state index contributed by atoms with van der Waals surface area (Å²) in [4.78, 5) is 26.3. The number of nitrogens with zero attached hydrogens (tertiary/aromatic N) is 4. The van der Waals surface area contributed by atoms with Crippen molar-refractivity contribution in [1.29, 1.82) is 0 Å². The molecule has 1 aromatic rings. The van der Waals surface area contributed by atoms with Crippen molar-refractivity contribution in [3.8, 4) is 0 Å². The number of hydrogen-bond acceptors (Lipinski definition) is 8. The van der Waals surface area contributed by atoms with Gasteiger partial charge in [0.15, 0.2) is 0 Å². The van der Waals surface area contributed by atoms with Crippen molar-refractivity contribution in [3.63, 3.8) is 0 Å². The van der Waals surface area contributed by atoms with Crippen LogP contribution in [0.5, 0.6) is 0 Å². The second kappa shape index (κ2) is 6.08. The smallest absolute Gasteiger partial charge is 0.242 e. The maximum Gasteiger partial charge on any atom is 0.242 e. The molecule has 1 amide bonds. The third-order valence-corrected chi connectivity index (χ3v) is 3.52. The number of rotatable bonds is 3. The summed E-state index contributed by atoms with van der Waals surface area (Å²) in [5, 5.41) is 5.85. The number of nitrogens with one attached hydrogen (secondary N) is 2. The number of anilines is 3. The van der Waals surface area contributed by atoms with Crippen LogP contribution in [0.4, 0.5) is 17.8 Å². The minimum atomic E-state index is -0.321. The highest BCUT2D eigenvalue weighted by atomic mass is 16.5. The van der Waals surface area contributed by atoms with Crippen molar-refractivity contribution in [2.75, 3.05) is 48.8 Å². The third kappa shape index (κ3) is 3.30. The molecule has 9 nitrogen and oxygen atoms in total. The van der Waals surface area contributed by atoms with Gasteiger partial charge in [-0.3, -0.25) is 4.79 Å². The Morgan fingerprint density at radius 2 is 2.10 bits per heavy atom. The summed E-state index contributed by atoms with van der Waals surface area (Å²) >= 11 is 0. The topological polar surface area (TPSA) is 118 Å². The van der Waals surface area contributed by atoms with Gasteiger partial charge >= 0.3 is 0 Å². The maximum absolute atomic E-state index is 11.8. The Balaban J connectivity index is 1.75. The summed E-state index contributed by atoms with van der Waals surface area (Å²) in [6, 6.07) is -0.321. The van der Waals surface area contributed by atoms with E-state index < -0.39 is 0 Å². The van der Waals surface area contributed by atoms with Crippen LogP contribution in [0.3, 0.4) is 0 Å². The SMILES string of the molecule is Nc1nc(NC2CCCNC2=O)nc(N2CCOCC2)n1. The van der Waals surface area contributed by atoms with Crippen LogP contribution >= 0.6 is 0 Å². The highest BCUT2D eigenvalue weighted by Gasteiger charge is 2.23. The van der Waals surface area contributed by atoms with Crippen LogP contribution in [-0.4, -0.2) is 59.7 Å². The van der Waals surface area contributed by atoms with Gasteiger partial charge in [-0.2, -0.15) is 15.0 Å². The van der Waals surface area contributed by atoms with E-state index in [0.29, 0.717) is 38.2 Å². The van der Waals surface area contributed by atoms with E-state index in [1.165, 1.54) is 0 Å². The summed E-state index contributed by atoms with van der Waals surface area (Å²) in [5.74, 6) is 0.967. The Bertz CT molecular complexity index is 518. The lowest BCUT2D eigenvalue weighted by Crippen LogP contribution is -2.45.